The first-order chi connectivity index (χ1) is 23.5. The largest absolute Gasteiger partial charge is 0.454 e. The molecule has 0 amide bonds. The molecular formula is C40H47NO8. The van der Waals surface area contributed by atoms with Crippen LogP contribution in [0.25, 0.3) is 0 Å². The third kappa shape index (κ3) is 3.83. The summed E-state index contributed by atoms with van der Waals surface area (Å²) >= 11 is 0. The van der Waals surface area contributed by atoms with Crippen molar-refractivity contribution >= 4 is 12.3 Å². The molecule has 1 aromatic carbocycles. The van der Waals surface area contributed by atoms with Crippen LogP contribution in [0.15, 0.2) is 42.0 Å². The van der Waals surface area contributed by atoms with Crippen LogP contribution in [0.2, 0.25) is 0 Å². The fourth-order valence-electron chi connectivity index (χ4n) is 13.7. The minimum Gasteiger partial charge on any atom is -0.454 e. The first-order valence-electron chi connectivity index (χ1n) is 18.3. The van der Waals surface area contributed by atoms with Crippen LogP contribution in [0, 0.1) is 58.2 Å². The number of carbonyl (C=O) groups excluding carboxylic acids is 2. The first-order valence-corrected chi connectivity index (χ1v) is 18.3. The maximum atomic E-state index is 13.6. The number of aldehydes is 1. The number of hydrogen-bond acceptors (Lipinski definition) is 9. The minimum atomic E-state index is -1.70. The summed E-state index contributed by atoms with van der Waals surface area (Å²) in [5.41, 5.74) is -3.49. The van der Waals surface area contributed by atoms with Crippen LogP contribution in [0.1, 0.15) is 74.5 Å². The summed E-state index contributed by atoms with van der Waals surface area (Å²) in [7, 11) is 1.91. The lowest BCUT2D eigenvalue weighted by Crippen LogP contribution is -2.81. The van der Waals surface area contributed by atoms with Gasteiger partial charge in [-0.1, -0.05) is 36.1 Å². The second kappa shape index (κ2) is 10.6. The molecule has 260 valence electrons. The number of carbonyl (C=O) groups is 2. The minimum absolute atomic E-state index is 0.0698. The molecule has 49 heavy (non-hydrogen) atoms. The van der Waals surface area contributed by atoms with Crippen molar-refractivity contribution in [2.45, 2.75) is 106 Å². The molecule has 9 heteroatoms. The molecule has 10 rings (SSSR count). The summed E-state index contributed by atoms with van der Waals surface area (Å²) in [5, 5.41) is 63.9. The van der Waals surface area contributed by atoms with E-state index in [1.165, 1.54) is 0 Å². The zero-order valence-corrected chi connectivity index (χ0v) is 28.0. The van der Waals surface area contributed by atoms with Gasteiger partial charge in [-0.3, -0.25) is 0 Å². The van der Waals surface area contributed by atoms with Crippen molar-refractivity contribution in [1.29, 1.82) is 0 Å². The Morgan fingerprint density at radius 3 is 2.69 bits per heavy atom. The highest BCUT2D eigenvalue weighted by atomic mass is 16.5. The van der Waals surface area contributed by atoms with Gasteiger partial charge in [-0.25, -0.2) is 4.79 Å². The summed E-state index contributed by atoms with van der Waals surface area (Å²) in [6.45, 7) is -0.109. The monoisotopic (exact) mass is 669 g/mol. The van der Waals surface area contributed by atoms with Crippen molar-refractivity contribution in [2.24, 2.45) is 46.3 Å². The van der Waals surface area contributed by atoms with E-state index < -0.39 is 51.7 Å². The van der Waals surface area contributed by atoms with Gasteiger partial charge in [0.1, 0.15) is 18.0 Å². The summed E-state index contributed by atoms with van der Waals surface area (Å²) in [6.07, 6.45) is 8.84. The molecule has 9 nitrogen and oxygen atoms in total. The number of nitrogens with one attached hydrogen (secondary N) is 1. The second-order valence-corrected chi connectivity index (χ2v) is 16.8. The van der Waals surface area contributed by atoms with Crippen LogP contribution in [-0.4, -0.2) is 79.9 Å². The Kier molecular flexibility index (Phi) is 6.94. The molecule has 9 aliphatic rings. The molecule has 5 fully saturated rings. The molecule has 1 spiro atoms. The maximum absolute atomic E-state index is 13.6. The standard InChI is InChI=1S/C40H47NO8/c1-41-31-15-28-22(6-4-7-24(28)20-42)5-2-3-10-36-17-23-8-9-26-14-27(44)19-37(46)11-12-39(47,35(23)38(26,37)21-43)40(36,48)18-25-13-29(31)34-30(33(25)36)16-32(45)49-34/h4,6-9,16,21,23,25-27,29,31,33-35,41-42,44,46-48H,3,10-15,17-20H2,1H3/t23-,25-,26+,27+,29+,31-,33-,34-,35-,36-,37+,38-,39+,40-/m1/s1. The van der Waals surface area contributed by atoms with Gasteiger partial charge in [0.25, 0.3) is 0 Å². The SMILES string of the molecule is CN[C@@H]1Cc2c(cccc2CO)C#CCC[C@]23C[C@H]4C=C[C@H]5C[C@H](O)C[C@@]6(O)CC[C@](O)([C@H]4[C@@]56C=O)[C@@]2(O)C[C@H]2C[C@@H]1[C@H]1OC(=O)C=C1[C@@H]23. The molecule has 1 heterocycles. The predicted molar refractivity (Wildman–Crippen MR) is 177 cm³/mol. The fourth-order valence-corrected chi connectivity index (χ4v) is 13.7. The normalized spacial score (nSPS) is 50.1. The number of rotatable bonds is 3. The van der Waals surface area contributed by atoms with Crippen molar-refractivity contribution in [1.82, 2.24) is 5.32 Å². The molecule has 8 aliphatic carbocycles. The number of benzene rings is 1. The Hall–Kier alpha value is -2.84. The Labute approximate surface area is 286 Å². The number of hydrogen-bond donors (Lipinski definition) is 6. The van der Waals surface area contributed by atoms with Gasteiger partial charge in [-0.15, -0.1) is 0 Å². The molecule has 1 aliphatic heterocycles. The van der Waals surface area contributed by atoms with E-state index in [9.17, 15) is 35.1 Å². The molecule has 6 N–H and O–H groups in total. The van der Waals surface area contributed by atoms with Crippen molar-refractivity contribution in [3.05, 3.63) is 58.7 Å². The third-order valence-corrected chi connectivity index (χ3v) is 15.3. The van der Waals surface area contributed by atoms with Crippen molar-refractivity contribution in [3.8, 4) is 11.8 Å². The lowest BCUT2D eigenvalue weighted by molar-refractivity contribution is -0.336. The quantitative estimate of drug-likeness (QED) is 0.123. The van der Waals surface area contributed by atoms with E-state index in [-0.39, 0.29) is 61.6 Å². The predicted octanol–water partition coefficient (Wildman–Crippen LogP) is 2.10. The smallest absolute Gasteiger partial charge is 0.331 e. The van der Waals surface area contributed by atoms with E-state index in [1.807, 2.05) is 31.3 Å². The van der Waals surface area contributed by atoms with E-state index in [0.29, 0.717) is 44.9 Å². The van der Waals surface area contributed by atoms with Gasteiger partial charge in [0.2, 0.25) is 0 Å². The number of ether oxygens (including phenoxy) is 1. The van der Waals surface area contributed by atoms with Gasteiger partial charge in [0.05, 0.1) is 29.3 Å². The molecule has 0 unspecified atom stereocenters. The zero-order valence-electron chi connectivity index (χ0n) is 28.0. The first kappa shape index (κ1) is 32.1. The number of aliphatic hydroxyl groups is 5. The molecule has 0 aromatic heterocycles. The Bertz CT molecular complexity index is 1740. The van der Waals surface area contributed by atoms with E-state index in [0.717, 1.165) is 28.5 Å². The molecule has 5 saturated carbocycles. The highest BCUT2D eigenvalue weighted by molar-refractivity contribution is 5.86. The molecule has 14 atom stereocenters. The Balaban J connectivity index is 1.25. The van der Waals surface area contributed by atoms with Crippen molar-refractivity contribution in [2.75, 3.05) is 7.05 Å². The van der Waals surface area contributed by atoms with Crippen LogP contribution in [-0.2, 0) is 27.4 Å². The van der Waals surface area contributed by atoms with Gasteiger partial charge >= 0.3 is 5.97 Å². The fraction of sp³-hybridized carbons (Fsp3) is 0.650. The molecule has 1 aromatic rings. The molecule has 0 saturated heterocycles. The summed E-state index contributed by atoms with van der Waals surface area (Å²) in [4.78, 5) is 26.7. The van der Waals surface area contributed by atoms with E-state index in [4.69, 9.17) is 4.74 Å². The van der Waals surface area contributed by atoms with Crippen LogP contribution in [0.5, 0.6) is 0 Å². The Morgan fingerprint density at radius 1 is 1.08 bits per heavy atom. The van der Waals surface area contributed by atoms with E-state index in [1.54, 1.807) is 6.08 Å². The average molecular weight is 670 g/mol. The molecule has 0 radical (unpaired) electrons. The van der Waals surface area contributed by atoms with Crippen LogP contribution in [0.4, 0.5) is 0 Å². The van der Waals surface area contributed by atoms with Gasteiger partial charge < -0.3 is 40.4 Å². The third-order valence-electron chi connectivity index (χ3n) is 15.3. The molecular weight excluding hydrogens is 622 g/mol. The highest BCUT2D eigenvalue weighted by Gasteiger charge is 2.83. The lowest BCUT2D eigenvalue weighted by Gasteiger charge is -2.72. The summed E-state index contributed by atoms with van der Waals surface area (Å²) < 4.78 is 6.15. The van der Waals surface area contributed by atoms with Crippen LogP contribution < -0.4 is 5.32 Å². The van der Waals surface area contributed by atoms with Crippen LogP contribution in [0.3, 0.4) is 0 Å². The number of allylic oxidation sites excluding steroid dienone is 2. The lowest BCUT2D eigenvalue weighted by atomic mass is 9.34. The zero-order chi connectivity index (χ0) is 34.1. The van der Waals surface area contributed by atoms with Gasteiger partial charge in [-0.2, -0.15) is 0 Å². The second-order valence-electron chi connectivity index (χ2n) is 16.8. The van der Waals surface area contributed by atoms with Gasteiger partial charge in [-0.05, 0) is 105 Å². The van der Waals surface area contributed by atoms with Crippen LogP contribution >= 0.6 is 0 Å². The van der Waals surface area contributed by atoms with Crippen molar-refractivity contribution < 1.29 is 39.9 Å². The number of fused-ring (bicyclic) bond motifs is 4. The molecule has 4 bridgehead atoms. The Morgan fingerprint density at radius 2 is 1.92 bits per heavy atom. The summed E-state index contributed by atoms with van der Waals surface area (Å²) in [6, 6.07) is 5.68. The number of esters is 1. The topological polar surface area (TPSA) is 157 Å². The van der Waals surface area contributed by atoms with Crippen molar-refractivity contribution in [3.63, 3.8) is 0 Å². The number of likely N-dealkylation sites (N-methyl/N-ethyl adjacent to an activating group) is 1. The highest BCUT2D eigenvalue weighted by Crippen LogP contribution is 2.78. The average Bonchev–Trinajstić information content (AvgIpc) is 3.59. The van der Waals surface area contributed by atoms with E-state index >= 15 is 0 Å². The van der Waals surface area contributed by atoms with Gasteiger partial charge in [0, 0.05) is 47.8 Å². The summed E-state index contributed by atoms with van der Waals surface area (Å²) in [5.74, 6) is 4.50. The number of aliphatic hydroxyl groups excluding tert-OH is 2. The maximum Gasteiger partial charge on any atom is 0.331 e. The van der Waals surface area contributed by atoms with Gasteiger partial charge in [0.15, 0.2) is 0 Å². The van der Waals surface area contributed by atoms with E-state index in [2.05, 4.69) is 23.2 Å².